The monoisotopic (exact) mass is 503 g/mol. The molecule has 2 rings (SSSR count). The van der Waals surface area contributed by atoms with E-state index in [1.54, 1.807) is 31.4 Å². The van der Waals surface area contributed by atoms with Crippen molar-refractivity contribution in [2.45, 2.75) is 53.1 Å². The Morgan fingerprint density at radius 3 is 2.20 bits per heavy atom. The van der Waals surface area contributed by atoms with E-state index >= 15 is 0 Å². The van der Waals surface area contributed by atoms with E-state index in [1.165, 1.54) is 4.90 Å². The molecular formula is C26H37N3O5S. The van der Waals surface area contributed by atoms with Gasteiger partial charge in [-0.05, 0) is 67.6 Å². The highest BCUT2D eigenvalue weighted by Crippen LogP contribution is 2.23. The first kappa shape index (κ1) is 28.2. The van der Waals surface area contributed by atoms with Gasteiger partial charge in [0.15, 0.2) is 0 Å². The lowest BCUT2D eigenvalue weighted by Gasteiger charge is -2.33. The normalized spacial score (nSPS) is 12.1. The molecule has 1 atom stereocenters. The molecule has 0 bridgehead atoms. The number of carbonyl (C=O) groups excluding carboxylic acids is 2. The van der Waals surface area contributed by atoms with Crippen molar-refractivity contribution in [3.8, 4) is 5.75 Å². The second kappa shape index (κ2) is 12.6. The van der Waals surface area contributed by atoms with Gasteiger partial charge in [-0.15, -0.1) is 0 Å². The number of carbonyl (C=O) groups is 2. The van der Waals surface area contributed by atoms with Crippen molar-refractivity contribution in [1.82, 2.24) is 10.2 Å². The zero-order valence-electron chi connectivity index (χ0n) is 21.5. The van der Waals surface area contributed by atoms with Crippen LogP contribution in [0.25, 0.3) is 0 Å². The van der Waals surface area contributed by atoms with Gasteiger partial charge >= 0.3 is 0 Å². The smallest absolute Gasteiger partial charge is 0.244 e. The third-order valence-corrected chi connectivity index (χ3v) is 7.05. The van der Waals surface area contributed by atoms with Gasteiger partial charge < -0.3 is 15.0 Å². The van der Waals surface area contributed by atoms with Gasteiger partial charge in [0.2, 0.25) is 21.8 Å². The Bertz CT molecular complexity index is 1120. The number of hydrogen-bond donors (Lipinski definition) is 1. The van der Waals surface area contributed by atoms with E-state index in [1.807, 2.05) is 45.9 Å². The number of amides is 2. The molecule has 8 nitrogen and oxygen atoms in total. The molecule has 0 aliphatic carbocycles. The number of methoxy groups -OCH3 is 1. The molecule has 0 saturated carbocycles. The fourth-order valence-electron chi connectivity index (χ4n) is 3.71. The second-order valence-electron chi connectivity index (χ2n) is 8.62. The van der Waals surface area contributed by atoms with Crippen molar-refractivity contribution in [1.29, 1.82) is 0 Å². The summed E-state index contributed by atoms with van der Waals surface area (Å²) in [4.78, 5) is 28.1. The predicted molar refractivity (Wildman–Crippen MR) is 139 cm³/mol. The van der Waals surface area contributed by atoms with Gasteiger partial charge in [-0.25, -0.2) is 8.42 Å². The standard InChI is InChI=1S/C26H37N3O5S/c1-7-15-27-26(31)24(8-2)28(17-21-10-13-23(34-5)14-11-21)25(30)18-29(35(6,32)33)22-12-9-19(3)20(4)16-22/h9-14,16,24H,7-8,15,17-18H2,1-6H3,(H,27,31)/t24-/m0/s1. The summed E-state index contributed by atoms with van der Waals surface area (Å²) < 4.78 is 31.7. The minimum absolute atomic E-state index is 0.158. The van der Waals surface area contributed by atoms with Crippen LogP contribution in [0.3, 0.4) is 0 Å². The third-order valence-electron chi connectivity index (χ3n) is 5.90. The maximum Gasteiger partial charge on any atom is 0.244 e. The van der Waals surface area contributed by atoms with E-state index in [0.29, 0.717) is 24.4 Å². The molecule has 35 heavy (non-hydrogen) atoms. The maximum atomic E-state index is 13.6. The van der Waals surface area contributed by atoms with Crippen LogP contribution >= 0.6 is 0 Å². The molecule has 0 aromatic heterocycles. The highest BCUT2D eigenvalue weighted by Gasteiger charge is 2.31. The Morgan fingerprint density at radius 1 is 1.03 bits per heavy atom. The number of nitrogens with one attached hydrogen (secondary N) is 1. The van der Waals surface area contributed by atoms with Gasteiger partial charge in [-0.3, -0.25) is 13.9 Å². The molecule has 0 spiro atoms. The molecule has 2 amide bonds. The summed E-state index contributed by atoms with van der Waals surface area (Å²) in [6.07, 6.45) is 2.23. The summed E-state index contributed by atoms with van der Waals surface area (Å²) in [5.41, 5.74) is 3.16. The lowest BCUT2D eigenvalue weighted by atomic mass is 10.1. The average molecular weight is 504 g/mol. The van der Waals surface area contributed by atoms with Gasteiger partial charge in [0.05, 0.1) is 19.1 Å². The quantitative estimate of drug-likeness (QED) is 0.479. The minimum atomic E-state index is -3.76. The number of ether oxygens (including phenoxy) is 1. The van der Waals surface area contributed by atoms with Crippen molar-refractivity contribution >= 4 is 27.5 Å². The summed E-state index contributed by atoms with van der Waals surface area (Å²) >= 11 is 0. The molecule has 9 heteroatoms. The molecule has 0 aliphatic rings. The third kappa shape index (κ3) is 7.71. The van der Waals surface area contributed by atoms with Gasteiger partial charge in [0.25, 0.3) is 0 Å². The number of benzene rings is 2. The van der Waals surface area contributed by atoms with Gasteiger partial charge in [-0.1, -0.05) is 32.0 Å². The number of hydrogen-bond acceptors (Lipinski definition) is 5. The number of nitrogens with zero attached hydrogens (tertiary/aromatic N) is 2. The molecule has 0 fully saturated rings. The van der Waals surface area contributed by atoms with Crippen molar-refractivity contribution in [2.75, 3.05) is 30.8 Å². The SMILES string of the molecule is CCCNC(=O)[C@H](CC)N(Cc1ccc(OC)cc1)C(=O)CN(c1ccc(C)c(C)c1)S(C)(=O)=O. The van der Waals surface area contributed by atoms with Crippen LogP contribution in [-0.4, -0.2) is 57.6 Å². The summed E-state index contributed by atoms with van der Waals surface area (Å²) in [7, 11) is -2.18. The first-order valence-electron chi connectivity index (χ1n) is 11.8. The Morgan fingerprint density at radius 2 is 1.69 bits per heavy atom. The number of rotatable bonds is 12. The van der Waals surface area contributed by atoms with E-state index in [-0.39, 0.29) is 12.5 Å². The molecule has 192 valence electrons. The highest BCUT2D eigenvalue weighted by molar-refractivity contribution is 7.92. The summed E-state index contributed by atoms with van der Waals surface area (Å²) in [5, 5.41) is 2.87. The van der Waals surface area contributed by atoms with Gasteiger partial charge in [0, 0.05) is 13.1 Å². The summed E-state index contributed by atoms with van der Waals surface area (Å²) in [5.74, 6) is -0.0337. The Balaban J connectivity index is 2.43. The summed E-state index contributed by atoms with van der Waals surface area (Å²) in [6, 6.07) is 11.8. The summed E-state index contributed by atoms with van der Waals surface area (Å²) in [6.45, 7) is 7.87. The van der Waals surface area contributed by atoms with E-state index in [4.69, 9.17) is 4.74 Å². The average Bonchev–Trinajstić information content (AvgIpc) is 2.82. The van der Waals surface area contributed by atoms with E-state index in [2.05, 4.69) is 5.32 Å². The van der Waals surface area contributed by atoms with Crippen LogP contribution in [0.1, 0.15) is 43.4 Å². The van der Waals surface area contributed by atoms with E-state index in [0.717, 1.165) is 33.7 Å². The van der Waals surface area contributed by atoms with Gasteiger partial charge in [0.1, 0.15) is 18.3 Å². The first-order chi connectivity index (χ1) is 16.5. The van der Waals surface area contributed by atoms with Crippen LogP contribution in [0.2, 0.25) is 0 Å². The lowest BCUT2D eigenvalue weighted by Crippen LogP contribution is -2.52. The highest BCUT2D eigenvalue weighted by atomic mass is 32.2. The molecule has 1 N–H and O–H groups in total. The zero-order valence-corrected chi connectivity index (χ0v) is 22.3. The predicted octanol–water partition coefficient (Wildman–Crippen LogP) is 3.41. The van der Waals surface area contributed by atoms with Crippen molar-refractivity contribution in [3.05, 3.63) is 59.2 Å². The van der Waals surface area contributed by atoms with Crippen LogP contribution < -0.4 is 14.4 Å². The largest absolute Gasteiger partial charge is 0.497 e. The van der Waals surface area contributed by atoms with E-state index < -0.39 is 28.5 Å². The first-order valence-corrected chi connectivity index (χ1v) is 13.6. The Hall–Kier alpha value is -3.07. The number of anilines is 1. The fourth-order valence-corrected chi connectivity index (χ4v) is 4.55. The lowest BCUT2D eigenvalue weighted by molar-refractivity contribution is -0.140. The number of aryl methyl sites for hydroxylation is 2. The molecule has 0 unspecified atom stereocenters. The molecule has 2 aromatic carbocycles. The fraction of sp³-hybridized carbons (Fsp3) is 0.462. The van der Waals surface area contributed by atoms with Crippen LogP contribution in [-0.2, 0) is 26.2 Å². The maximum absolute atomic E-state index is 13.6. The van der Waals surface area contributed by atoms with Crippen LogP contribution in [0.4, 0.5) is 5.69 Å². The molecule has 0 saturated heterocycles. The Kier molecular flexibility index (Phi) is 10.1. The molecule has 2 aromatic rings. The molecule has 0 heterocycles. The number of sulfonamides is 1. The van der Waals surface area contributed by atoms with Crippen molar-refractivity contribution in [3.63, 3.8) is 0 Å². The van der Waals surface area contributed by atoms with E-state index in [9.17, 15) is 18.0 Å². The van der Waals surface area contributed by atoms with Crippen molar-refractivity contribution < 1.29 is 22.7 Å². The Labute approximate surface area is 209 Å². The molecular weight excluding hydrogens is 466 g/mol. The van der Waals surface area contributed by atoms with Crippen LogP contribution in [0, 0.1) is 13.8 Å². The second-order valence-corrected chi connectivity index (χ2v) is 10.5. The van der Waals surface area contributed by atoms with Crippen LogP contribution in [0.15, 0.2) is 42.5 Å². The minimum Gasteiger partial charge on any atom is -0.497 e. The zero-order chi connectivity index (χ0) is 26.2. The topological polar surface area (TPSA) is 96.0 Å². The van der Waals surface area contributed by atoms with Crippen LogP contribution in [0.5, 0.6) is 5.75 Å². The van der Waals surface area contributed by atoms with Crippen molar-refractivity contribution in [2.24, 2.45) is 0 Å². The molecule has 0 aliphatic heterocycles. The van der Waals surface area contributed by atoms with Gasteiger partial charge in [-0.2, -0.15) is 0 Å². The molecule has 0 radical (unpaired) electrons.